The molecule has 1 aliphatic rings. The Kier molecular flexibility index (Phi) is 5.18. The zero-order valence-corrected chi connectivity index (χ0v) is 14.9. The molecular weight excluding hydrogens is 379 g/mol. The quantitative estimate of drug-likeness (QED) is 0.747. The Morgan fingerprint density at radius 1 is 1.46 bits per heavy atom. The monoisotopic (exact) mass is 396 g/mol. The van der Waals surface area contributed by atoms with Crippen molar-refractivity contribution in [3.63, 3.8) is 0 Å². The van der Waals surface area contributed by atoms with Crippen LogP contribution in [0.25, 0.3) is 11.3 Å². The second kappa shape index (κ2) is 7.34. The van der Waals surface area contributed by atoms with Gasteiger partial charge in [0.05, 0.1) is 4.47 Å². The van der Waals surface area contributed by atoms with E-state index in [9.17, 15) is 9.18 Å². The molecule has 0 unspecified atom stereocenters. The van der Waals surface area contributed by atoms with Gasteiger partial charge >= 0.3 is 6.09 Å². The second-order valence-corrected chi connectivity index (χ2v) is 6.71. The Balaban J connectivity index is 1.67. The summed E-state index contributed by atoms with van der Waals surface area (Å²) in [6.45, 7) is -0.0388. The summed E-state index contributed by atoms with van der Waals surface area (Å²) in [6.07, 6.45) is 5.19. The summed E-state index contributed by atoms with van der Waals surface area (Å²) in [5, 5.41) is 0. The number of oxazole rings is 1. The van der Waals surface area contributed by atoms with Crippen LogP contribution in [0.1, 0.15) is 31.4 Å². The van der Waals surface area contributed by atoms with E-state index in [0.29, 0.717) is 21.5 Å². The number of hydrogen-bond donors (Lipinski definition) is 0. The number of carbonyl (C=O) groups is 1. The highest BCUT2D eigenvalue weighted by atomic mass is 79.9. The lowest BCUT2D eigenvalue weighted by molar-refractivity contribution is 0.0860. The molecule has 0 bridgehead atoms. The Bertz CT molecular complexity index is 728. The summed E-state index contributed by atoms with van der Waals surface area (Å²) in [4.78, 5) is 17.9. The zero-order chi connectivity index (χ0) is 17.1. The molecule has 24 heavy (non-hydrogen) atoms. The number of rotatable bonds is 4. The smallest absolute Gasteiger partial charge is 0.410 e. The molecule has 0 radical (unpaired) electrons. The molecule has 3 rings (SSSR count). The molecule has 1 saturated carbocycles. The fourth-order valence-electron chi connectivity index (χ4n) is 2.92. The molecule has 2 aromatic rings. The second-order valence-electron chi connectivity index (χ2n) is 5.86. The normalized spacial score (nSPS) is 14.8. The maximum atomic E-state index is 13.7. The van der Waals surface area contributed by atoms with E-state index in [1.54, 1.807) is 24.1 Å². The van der Waals surface area contributed by atoms with Crippen molar-refractivity contribution in [2.75, 3.05) is 7.05 Å². The number of halogens is 2. The SMILES string of the molecule is CN(C(=O)OCc1ocnc1-c1ccc(Br)c(F)c1)C1CCCC1. The van der Waals surface area contributed by atoms with E-state index in [2.05, 4.69) is 20.9 Å². The molecule has 1 heterocycles. The maximum Gasteiger partial charge on any atom is 0.410 e. The largest absolute Gasteiger partial charge is 0.444 e. The summed E-state index contributed by atoms with van der Waals surface area (Å²) < 4.78 is 24.7. The van der Waals surface area contributed by atoms with Gasteiger partial charge in [0.1, 0.15) is 11.5 Å². The van der Waals surface area contributed by atoms with Crippen molar-refractivity contribution < 1.29 is 18.3 Å². The summed E-state index contributed by atoms with van der Waals surface area (Å²) in [7, 11) is 1.75. The number of benzene rings is 1. The predicted octanol–water partition coefficient (Wildman–Crippen LogP) is 4.75. The topological polar surface area (TPSA) is 55.6 Å². The van der Waals surface area contributed by atoms with Crippen molar-refractivity contribution >= 4 is 22.0 Å². The van der Waals surface area contributed by atoms with Crippen molar-refractivity contribution in [3.8, 4) is 11.3 Å². The van der Waals surface area contributed by atoms with Gasteiger partial charge in [-0.3, -0.25) is 0 Å². The Morgan fingerprint density at radius 2 is 2.21 bits per heavy atom. The number of ether oxygens (including phenoxy) is 1. The third kappa shape index (κ3) is 3.61. The minimum atomic E-state index is -0.389. The molecule has 0 spiro atoms. The van der Waals surface area contributed by atoms with Crippen LogP contribution in [0.5, 0.6) is 0 Å². The first kappa shape index (κ1) is 17.0. The Hall–Kier alpha value is -1.89. The van der Waals surface area contributed by atoms with Gasteiger partial charge in [-0.15, -0.1) is 0 Å². The van der Waals surface area contributed by atoms with Crippen LogP contribution in [-0.4, -0.2) is 29.1 Å². The van der Waals surface area contributed by atoms with E-state index in [4.69, 9.17) is 9.15 Å². The van der Waals surface area contributed by atoms with Gasteiger partial charge in [-0.25, -0.2) is 14.2 Å². The van der Waals surface area contributed by atoms with Crippen LogP contribution in [0.2, 0.25) is 0 Å². The lowest BCUT2D eigenvalue weighted by Gasteiger charge is -2.23. The van der Waals surface area contributed by atoms with Crippen molar-refractivity contribution in [2.24, 2.45) is 0 Å². The lowest BCUT2D eigenvalue weighted by atomic mass is 10.1. The van der Waals surface area contributed by atoms with Crippen LogP contribution in [0.3, 0.4) is 0 Å². The number of nitrogens with zero attached hydrogens (tertiary/aromatic N) is 2. The highest BCUT2D eigenvalue weighted by molar-refractivity contribution is 9.10. The van der Waals surface area contributed by atoms with Gasteiger partial charge in [-0.05, 0) is 40.9 Å². The van der Waals surface area contributed by atoms with Gasteiger partial charge in [-0.1, -0.05) is 18.9 Å². The average molecular weight is 397 g/mol. The number of aromatic nitrogens is 1. The minimum absolute atomic E-state index is 0.0388. The molecule has 1 fully saturated rings. The summed E-state index contributed by atoms with van der Waals surface area (Å²) in [6, 6.07) is 4.93. The van der Waals surface area contributed by atoms with Gasteiger partial charge in [0.15, 0.2) is 18.8 Å². The van der Waals surface area contributed by atoms with Crippen molar-refractivity contribution in [3.05, 3.63) is 40.6 Å². The molecular formula is C17H18BrFN2O3. The Labute approximate surface area is 147 Å². The molecule has 0 saturated heterocycles. The van der Waals surface area contributed by atoms with E-state index in [0.717, 1.165) is 25.7 Å². The first-order valence-corrected chi connectivity index (χ1v) is 8.63. The number of carbonyl (C=O) groups excluding carboxylic acids is 1. The summed E-state index contributed by atoms with van der Waals surface area (Å²) in [5.74, 6) is 0.00399. The van der Waals surface area contributed by atoms with Crippen LogP contribution in [0.4, 0.5) is 9.18 Å². The minimum Gasteiger partial charge on any atom is -0.444 e. The van der Waals surface area contributed by atoms with Crippen molar-refractivity contribution in [1.29, 1.82) is 0 Å². The number of hydrogen-bond acceptors (Lipinski definition) is 4. The molecule has 5 nitrogen and oxygen atoms in total. The molecule has 1 aromatic heterocycles. The van der Waals surface area contributed by atoms with Crippen LogP contribution in [0, 0.1) is 5.82 Å². The first-order valence-electron chi connectivity index (χ1n) is 7.83. The molecule has 1 amide bonds. The van der Waals surface area contributed by atoms with Gasteiger partial charge in [0.2, 0.25) is 0 Å². The fourth-order valence-corrected chi connectivity index (χ4v) is 3.17. The fraction of sp³-hybridized carbons (Fsp3) is 0.412. The lowest BCUT2D eigenvalue weighted by Crippen LogP contribution is -2.35. The van der Waals surface area contributed by atoms with E-state index in [-0.39, 0.29) is 24.6 Å². The third-order valence-electron chi connectivity index (χ3n) is 4.32. The van der Waals surface area contributed by atoms with Gasteiger partial charge in [0, 0.05) is 18.7 Å². The van der Waals surface area contributed by atoms with Crippen molar-refractivity contribution in [1.82, 2.24) is 9.88 Å². The standard InChI is InChI=1S/C17H18BrFN2O3/c1-21(12-4-2-3-5-12)17(22)23-9-15-16(20-10-24-15)11-6-7-13(18)14(19)8-11/h6-8,10,12H,2-5,9H2,1H3. The van der Waals surface area contributed by atoms with Crippen LogP contribution in [0.15, 0.2) is 33.5 Å². The Morgan fingerprint density at radius 3 is 2.92 bits per heavy atom. The van der Waals surface area contributed by atoms with E-state index < -0.39 is 0 Å². The highest BCUT2D eigenvalue weighted by Crippen LogP contribution is 2.27. The maximum absolute atomic E-state index is 13.7. The van der Waals surface area contributed by atoms with E-state index >= 15 is 0 Å². The first-order chi connectivity index (χ1) is 11.6. The third-order valence-corrected chi connectivity index (χ3v) is 4.96. The van der Waals surface area contributed by atoms with Crippen LogP contribution >= 0.6 is 15.9 Å². The molecule has 0 aliphatic heterocycles. The van der Waals surface area contributed by atoms with Crippen LogP contribution < -0.4 is 0 Å². The highest BCUT2D eigenvalue weighted by Gasteiger charge is 2.25. The van der Waals surface area contributed by atoms with Gasteiger partial charge < -0.3 is 14.1 Å². The molecule has 0 atom stereocenters. The summed E-state index contributed by atoms with van der Waals surface area (Å²) in [5.41, 5.74) is 1.04. The van der Waals surface area contributed by atoms with Crippen LogP contribution in [-0.2, 0) is 11.3 Å². The molecule has 7 heteroatoms. The molecule has 128 valence electrons. The number of amides is 1. The van der Waals surface area contributed by atoms with Gasteiger partial charge in [0.25, 0.3) is 0 Å². The zero-order valence-electron chi connectivity index (χ0n) is 13.3. The van der Waals surface area contributed by atoms with E-state index in [1.165, 1.54) is 12.5 Å². The molecule has 1 aromatic carbocycles. The van der Waals surface area contributed by atoms with E-state index in [1.807, 2.05) is 0 Å². The van der Waals surface area contributed by atoms with Gasteiger partial charge in [-0.2, -0.15) is 0 Å². The van der Waals surface area contributed by atoms with Crippen molar-refractivity contribution in [2.45, 2.75) is 38.3 Å². The average Bonchev–Trinajstić information content (AvgIpc) is 3.26. The summed E-state index contributed by atoms with van der Waals surface area (Å²) >= 11 is 3.12. The molecule has 0 N–H and O–H groups in total. The predicted molar refractivity (Wildman–Crippen MR) is 89.8 cm³/mol. The molecule has 1 aliphatic carbocycles.